The summed E-state index contributed by atoms with van der Waals surface area (Å²) < 4.78 is 0. The van der Waals surface area contributed by atoms with Crippen molar-refractivity contribution in [1.82, 2.24) is 0 Å². The van der Waals surface area contributed by atoms with Crippen molar-refractivity contribution in [2.24, 2.45) is 0 Å². The predicted molar refractivity (Wildman–Crippen MR) is 48.1 cm³/mol. The van der Waals surface area contributed by atoms with E-state index in [9.17, 15) is 0 Å². The minimum atomic E-state index is 0.101. The second kappa shape index (κ2) is 6.37. The molecule has 0 amide bonds. The SMILES string of the molecule is CC=C(C)[SiH2]CCCCl. The molecular formula is C7H15ClSi. The summed E-state index contributed by atoms with van der Waals surface area (Å²) in [6, 6.07) is 1.37. The van der Waals surface area contributed by atoms with Crippen molar-refractivity contribution in [1.29, 1.82) is 0 Å². The van der Waals surface area contributed by atoms with Gasteiger partial charge >= 0.3 is 0 Å². The van der Waals surface area contributed by atoms with E-state index in [1.165, 1.54) is 12.5 Å². The Morgan fingerprint density at radius 1 is 1.67 bits per heavy atom. The van der Waals surface area contributed by atoms with Crippen molar-refractivity contribution in [3.05, 3.63) is 11.3 Å². The van der Waals surface area contributed by atoms with Gasteiger partial charge in [-0.3, -0.25) is 0 Å². The van der Waals surface area contributed by atoms with Crippen LogP contribution in [0.5, 0.6) is 0 Å². The molecule has 0 spiro atoms. The predicted octanol–water partition coefficient (Wildman–Crippen LogP) is 2.13. The molecule has 2 heteroatoms. The van der Waals surface area contributed by atoms with Crippen LogP contribution in [-0.2, 0) is 0 Å². The Morgan fingerprint density at radius 2 is 2.33 bits per heavy atom. The summed E-state index contributed by atoms with van der Waals surface area (Å²) in [5, 5.41) is 1.61. The van der Waals surface area contributed by atoms with E-state index < -0.39 is 0 Å². The lowest BCUT2D eigenvalue weighted by molar-refractivity contribution is 1.08. The van der Waals surface area contributed by atoms with Gasteiger partial charge in [0.25, 0.3) is 0 Å². The van der Waals surface area contributed by atoms with E-state index in [2.05, 4.69) is 19.9 Å². The summed E-state index contributed by atoms with van der Waals surface area (Å²) in [5.41, 5.74) is 0. The maximum Gasteiger partial charge on any atom is 0.0488 e. The Labute approximate surface area is 65.1 Å². The fraction of sp³-hybridized carbons (Fsp3) is 0.714. The van der Waals surface area contributed by atoms with Crippen LogP contribution in [0.25, 0.3) is 0 Å². The number of rotatable bonds is 4. The van der Waals surface area contributed by atoms with Gasteiger partial charge in [-0.15, -0.1) is 11.6 Å². The Kier molecular flexibility index (Phi) is 6.54. The van der Waals surface area contributed by atoms with E-state index in [1.54, 1.807) is 5.20 Å². The maximum atomic E-state index is 5.53. The van der Waals surface area contributed by atoms with Crippen LogP contribution in [0.4, 0.5) is 0 Å². The summed E-state index contributed by atoms with van der Waals surface area (Å²) in [4.78, 5) is 0. The highest BCUT2D eigenvalue weighted by Gasteiger charge is 1.88. The van der Waals surface area contributed by atoms with Gasteiger partial charge in [-0.25, -0.2) is 0 Å². The van der Waals surface area contributed by atoms with E-state index in [0.29, 0.717) is 0 Å². The summed E-state index contributed by atoms with van der Waals surface area (Å²) in [7, 11) is 0.101. The highest BCUT2D eigenvalue weighted by atomic mass is 35.5. The molecule has 0 N–H and O–H groups in total. The largest absolute Gasteiger partial charge is 0.127 e. The van der Waals surface area contributed by atoms with Crippen molar-refractivity contribution in [2.75, 3.05) is 5.88 Å². The van der Waals surface area contributed by atoms with Gasteiger partial charge in [-0.05, 0) is 20.3 Å². The fourth-order valence-electron chi connectivity index (χ4n) is 0.643. The maximum absolute atomic E-state index is 5.53. The van der Waals surface area contributed by atoms with E-state index >= 15 is 0 Å². The van der Waals surface area contributed by atoms with Crippen molar-refractivity contribution >= 4 is 21.1 Å². The van der Waals surface area contributed by atoms with Crippen molar-refractivity contribution < 1.29 is 0 Å². The smallest absolute Gasteiger partial charge is 0.0488 e. The fourth-order valence-corrected chi connectivity index (χ4v) is 2.49. The molecule has 0 saturated carbocycles. The highest BCUT2D eigenvalue weighted by molar-refractivity contribution is 6.45. The number of allylic oxidation sites excluding steroid dienone is 2. The van der Waals surface area contributed by atoms with E-state index in [-0.39, 0.29) is 9.52 Å². The second-order valence-electron chi connectivity index (χ2n) is 2.28. The van der Waals surface area contributed by atoms with Crippen LogP contribution in [-0.4, -0.2) is 15.4 Å². The van der Waals surface area contributed by atoms with Crippen LogP contribution in [0.15, 0.2) is 11.3 Å². The lowest BCUT2D eigenvalue weighted by Crippen LogP contribution is -1.91. The molecule has 0 aliphatic carbocycles. The topological polar surface area (TPSA) is 0 Å². The standard InChI is InChI=1S/C7H15ClSi/c1-3-7(2)9-6-4-5-8/h3H,4-6,9H2,1-2H3. The summed E-state index contributed by atoms with van der Waals surface area (Å²) in [6.07, 6.45) is 3.43. The van der Waals surface area contributed by atoms with Crippen molar-refractivity contribution in [3.63, 3.8) is 0 Å². The molecule has 0 nitrogen and oxygen atoms in total. The summed E-state index contributed by atoms with van der Waals surface area (Å²) in [6.45, 7) is 4.34. The first kappa shape index (κ1) is 9.25. The van der Waals surface area contributed by atoms with E-state index in [1.807, 2.05) is 0 Å². The molecule has 0 aromatic carbocycles. The van der Waals surface area contributed by atoms with Gasteiger partial charge in [-0.2, -0.15) is 0 Å². The van der Waals surface area contributed by atoms with Gasteiger partial charge in [0.2, 0.25) is 0 Å². The third-order valence-corrected chi connectivity index (χ3v) is 3.77. The van der Waals surface area contributed by atoms with Crippen LogP contribution < -0.4 is 0 Å². The first-order chi connectivity index (χ1) is 4.31. The van der Waals surface area contributed by atoms with Gasteiger partial charge in [0.1, 0.15) is 0 Å². The van der Waals surface area contributed by atoms with Gasteiger partial charge in [0.15, 0.2) is 0 Å². The highest BCUT2D eigenvalue weighted by Crippen LogP contribution is 1.97. The molecule has 0 bridgehead atoms. The van der Waals surface area contributed by atoms with Gasteiger partial charge < -0.3 is 0 Å². The molecule has 0 aliphatic rings. The lowest BCUT2D eigenvalue weighted by Gasteiger charge is -1.95. The molecule has 0 aliphatic heterocycles. The Hall–Kier alpha value is 0.247. The molecular weight excluding hydrogens is 148 g/mol. The Morgan fingerprint density at radius 3 is 2.78 bits per heavy atom. The number of hydrogen-bond donors (Lipinski definition) is 0. The average molecular weight is 163 g/mol. The minimum absolute atomic E-state index is 0.101. The van der Waals surface area contributed by atoms with Gasteiger partial charge in [-0.1, -0.05) is 17.3 Å². The average Bonchev–Trinajstić information content (AvgIpc) is 1.89. The zero-order valence-corrected chi connectivity index (χ0v) is 8.45. The van der Waals surface area contributed by atoms with E-state index in [4.69, 9.17) is 11.6 Å². The monoisotopic (exact) mass is 162 g/mol. The molecule has 54 valence electrons. The number of hydrogen-bond acceptors (Lipinski definition) is 0. The van der Waals surface area contributed by atoms with Crippen molar-refractivity contribution in [3.8, 4) is 0 Å². The van der Waals surface area contributed by atoms with Crippen molar-refractivity contribution in [2.45, 2.75) is 26.3 Å². The normalized spacial score (nSPS) is 13.4. The number of alkyl halides is 1. The minimum Gasteiger partial charge on any atom is -0.127 e. The lowest BCUT2D eigenvalue weighted by atomic mass is 10.6. The quantitative estimate of drug-likeness (QED) is 0.338. The summed E-state index contributed by atoms with van der Waals surface area (Å²) >= 11 is 5.53. The molecule has 0 aromatic rings. The van der Waals surface area contributed by atoms with Gasteiger partial charge in [0, 0.05) is 15.4 Å². The Balaban J connectivity index is 3.07. The van der Waals surface area contributed by atoms with Crippen LogP contribution >= 0.6 is 11.6 Å². The molecule has 0 heterocycles. The third kappa shape index (κ3) is 6.13. The molecule has 9 heavy (non-hydrogen) atoms. The molecule has 0 radical (unpaired) electrons. The van der Waals surface area contributed by atoms with Crippen LogP contribution in [0.2, 0.25) is 6.04 Å². The van der Waals surface area contributed by atoms with E-state index in [0.717, 1.165) is 5.88 Å². The summed E-state index contributed by atoms with van der Waals surface area (Å²) in [5.74, 6) is 0.837. The van der Waals surface area contributed by atoms with Crippen LogP contribution in [0, 0.1) is 0 Å². The zero-order chi connectivity index (χ0) is 7.11. The third-order valence-electron chi connectivity index (χ3n) is 1.45. The Bertz CT molecular complexity index is 88.9. The first-order valence-electron chi connectivity index (χ1n) is 3.49. The second-order valence-corrected chi connectivity index (χ2v) is 4.98. The number of halogens is 1. The molecule has 0 saturated heterocycles. The van der Waals surface area contributed by atoms with Crippen LogP contribution in [0.3, 0.4) is 0 Å². The molecule has 0 fully saturated rings. The molecule has 0 unspecified atom stereocenters. The van der Waals surface area contributed by atoms with Crippen LogP contribution in [0.1, 0.15) is 20.3 Å². The molecule has 0 aromatic heterocycles. The molecule has 0 atom stereocenters. The zero-order valence-electron chi connectivity index (χ0n) is 6.28. The first-order valence-corrected chi connectivity index (χ1v) is 5.73. The molecule has 0 rings (SSSR count). The van der Waals surface area contributed by atoms with Gasteiger partial charge in [0.05, 0.1) is 0 Å².